The van der Waals surface area contributed by atoms with E-state index in [0.717, 1.165) is 11.3 Å². The summed E-state index contributed by atoms with van der Waals surface area (Å²) in [6, 6.07) is 7.83. The smallest absolute Gasteiger partial charge is 0.292 e. The van der Waals surface area contributed by atoms with Crippen molar-refractivity contribution in [3.63, 3.8) is 0 Å². The highest BCUT2D eigenvalue weighted by molar-refractivity contribution is 7.99. The molecule has 0 saturated carbocycles. The van der Waals surface area contributed by atoms with Crippen LogP contribution < -0.4 is 5.32 Å². The lowest BCUT2D eigenvalue weighted by Gasteiger charge is -2.07. The summed E-state index contributed by atoms with van der Waals surface area (Å²) in [5, 5.41) is 22.5. The van der Waals surface area contributed by atoms with E-state index < -0.39 is 4.92 Å². The number of amides is 1. The molecule has 1 N–H and O–H groups in total. The van der Waals surface area contributed by atoms with Crippen molar-refractivity contribution in [1.82, 2.24) is 14.8 Å². The van der Waals surface area contributed by atoms with E-state index in [1.54, 1.807) is 18.4 Å². The molecule has 0 unspecified atom stereocenters. The molecule has 140 valence electrons. The summed E-state index contributed by atoms with van der Waals surface area (Å²) in [6.07, 6.45) is 1.59. The lowest BCUT2D eigenvalue weighted by molar-refractivity contribution is -0.383. The summed E-state index contributed by atoms with van der Waals surface area (Å²) in [7, 11) is 0. The second kappa shape index (κ2) is 8.04. The number of hydrogen-bond donors (Lipinski definition) is 1. The summed E-state index contributed by atoms with van der Waals surface area (Å²) >= 11 is 1.21. The van der Waals surface area contributed by atoms with Crippen LogP contribution in [-0.4, -0.2) is 31.3 Å². The molecule has 0 aliphatic rings. The van der Waals surface area contributed by atoms with Gasteiger partial charge in [-0.25, -0.2) is 0 Å². The Balaban J connectivity index is 1.71. The third-order valence-corrected chi connectivity index (χ3v) is 4.81. The third-order valence-electron chi connectivity index (χ3n) is 3.84. The molecular formula is C17H17N5O4S. The highest BCUT2D eigenvalue weighted by atomic mass is 32.2. The van der Waals surface area contributed by atoms with Crippen molar-refractivity contribution in [2.24, 2.45) is 0 Å². The molecule has 0 bridgehead atoms. The zero-order chi connectivity index (χ0) is 19.4. The molecular weight excluding hydrogens is 370 g/mol. The molecule has 0 spiro atoms. The summed E-state index contributed by atoms with van der Waals surface area (Å²) < 4.78 is 7.21. The van der Waals surface area contributed by atoms with Crippen molar-refractivity contribution in [2.45, 2.75) is 25.5 Å². The molecule has 0 aliphatic carbocycles. The van der Waals surface area contributed by atoms with Gasteiger partial charge in [0.25, 0.3) is 5.69 Å². The van der Waals surface area contributed by atoms with Gasteiger partial charge in [-0.05, 0) is 26.0 Å². The van der Waals surface area contributed by atoms with Gasteiger partial charge in [-0.1, -0.05) is 23.9 Å². The Morgan fingerprint density at radius 1 is 1.33 bits per heavy atom. The second-order valence-corrected chi connectivity index (χ2v) is 6.49. The molecule has 0 atom stereocenters. The maximum absolute atomic E-state index is 12.2. The van der Waals surface area contributed by atoms with Gasteiger partial charge < -0.3 is 14.3 Å². The number of nitro groups is 1. The quantitative estimate of drug-likeness (QED) is 0.374. The summed E-state index contributed by atoms with van der Waals surface area (Å²) in [5.74, 6) is 1.10. The van der Waals surface area contributed by atoms with E-state index in [1.807, 2.05) is 24.5 Å². The SMILES string of the molecule is CCn1c(SCC(=O)Nc2ccccc2[N+](=O)[O-])nnc1-c1ccoc1C. The highest BCUT2D eigenvalue weighted by Crippen LogP contribution is 2.27. The number of rotatable bonds is 7. The molecule has 3 aromatic rings. The Morgan fingerprint density at radius 3 is 2.78 bits per heavy atom. The Morgan fingerprint density at radius 2 is 2.11 bits per heavy atom. The Bertz CT molecular complexity index is 981. The zero-order valence-electron chi connectivity index (χ0n) is 14.7. The van der Waals surface area contributed by atoms with E-state index >= 15 is 0 Å². The van der Waals surface area contributed by atoms with E-state index in [1.165, 1.54) is 23.9 Å². The minimum Gasteiger partial charge on any atom is -0.469 e. The van der Waals surface area contributed by atoms with Gasteiger partial charge in [-0.2, -0.15) is 0 Å². The number of benzene rings is 1. The molecule has 0 radical (unpaired) electrons. The van der Waals surface area contributed by atoms with Crippen molar-refractivity contribution < 1.29 is 14.1 Å². The largest absolute Gasteiger partial charge is 0.469 e. The average Bonchev–Trinajstić information content (AvgIpc) is 3.25. The van der Waals surface area contributed by atoms with Crippen LogP contribution in [0.2, 0.25) is 0 Å². The highest BCUT2D eigenvalue weighted by Gasteiger charge is 2.18. The lowest BCUT2D eigenvalue weighted by Crippen LogP contribution is -2.15. The summed E-state index contributed by atoms with van der Waals surface area (Å²) in [6.45, 7) is 4.43. The first-order valence-corrected chi connectivity index (χ1v) is 9.13. The third kappa shape index (κ3) is 4.00. The van der Waals surface area contributed by atoms with Crippen molar-refractivity contribution in [3.8, 4) is 11.4 Å². The second-order valence-electron chi connectivity index (χ2n) is 5.55. The molecule has 2 heterocycles. The van der Waals surface area contributed by atoms with E-state index in [4.69, 9.17) is 4.42 Å². The van der Waals surface area contributed by atoms with Gasteiger partial charge >= 0.3 is 0 Å². The van der Waals surface area contributed by atoms with E-state index in [-0.39, 0.29) is 23.0 Å². The van der Waals surface area contributed by atoms with Crippen molar-refractivity contribution >= 4 is 29.0 Å². The summed E-state index contributed by atoms with van der Waals surface area (Å²) in [5.41, 5.74) is 0.866. The minimum atomic E-state index is -0.532. The van der Waals surface area contributed by atoms with Crippen molar-refractivity contribution in [2.75, 3.05) is 11.1 Å². The predicted octanol–water partition coefficient (Wildman–Crippen LogP) is 3.51. The number of carbonyl (C=O) groups excluding carboxylic acids is 1. The Labute approximate surface area is 158 Å². The lowest BCUT2D eigenvalue weighted by atomic mass is 10.2. The van der Waals surface area contributed by atoms with Crippen LogP contribution in [0.1, 0.15) is 12.7 Å². The maximum atomic E-state index is 12.2. The molecule has 1 amide bonds. The predicted molar refractivity (Wildman–Crippen MR) is 101 cm³/mol. The van der Waals surface area contributed by atoms with Crippen LogP contribution >= 0.6 is 11.8 Å². The molecule has 0 fully saturated rings. The van der Waals surface area contributed by atoms with Gasteiger partial charge in [0, 0.05) is 12.6 Å². The van der Waals surface area contributed by atoms with Crippen LogP contribution in [0.15, 0.2) is 46.2 Å². The Hall–Kier alpha value is -3.14. The van der Waals surface area contributed by atoms with Gasteiger partial charge in [0.1, 0.15) is 11.4 Å². The molecule has 10 heteroatoms. The topological polar surface area (TPSA) is 116 Å². The number of thioether (sulfide) groups is 1. The van der Waals surface area contributed by atoms with Gasteiger partial charge in [0.05, 0.1) is 22.5 Å². The van der Waals surface area contributed by atoms with Crippen LogP contribution in [-0.2, 0) is 11.3 Å². The fraction of sp³-hybridized carbons (Fsp3) is 0.235. The average molecular weight is 387 g/mol. The maximum Gasteiger partial charge on any atom is 0.292 e. The number of aryl methyl sites for hydroxylation is 1. The standard InChI is InChI=1S/C17H17N5O4S/c1-3-21-16(12-8-9-26-11(12)2)19-20-17(21)27-10-15(23)18-13-6-4-5-7-14(13)22(24)25/h4-9H,3,10H2,1-2H3,(H,18,23). The zero-order valence-corrected chi connectivity index (χ0v) is 15.5. The fourth-order valence-electron chi connectivity index (χ4n) is 2.55. The van der Waals surface area contributed by atoms with Crippen LogP contribution in [0.25, 0.3) is 11.4 Å². The number of nitro benzene ring substituents is 1. The normalized spacial score (nSPS) is 10.7. The number of nitrogens with zero attached hydrogens (tertiary/aromatic N) is 4. The first-order chi connectivity index (χ1) is 13.0. The number of carbonyl (C=O) groups is 1. The van der Waals surface area contributed by atoms with E-state index in [2.05, 4.69) is 15.5 Å². The van der Waals surface area contributed by atoms with Gasteiger partial charge in [0.2, 0.25) is 5.91 Å². The van der Waals surface area contributed by atoms with Crippen LogP contribution in [0.4, 0.5) is 11.4 Å². The molecule has 9 nitrogen and oxygen atoms in total. The van der Waals surface area contributed by atoms with Crippen molar-refractivity contribution in [3.05, 3.63) is 52.5 Å². The van der Waals surface area contributed by atoms with E-state index in [0.29, 0.717) is 17.5 Å². The molecule has 2 aromatic heterocycles. The summed E-state index contributed by atoms with van der Waals surface area (Å²) in [4.78, 5) is 22.7. The van der Waals surface area contributed by atoms with Crippen molar-refractivity contribution in [1.29, 1.82) is 0 Å². The first-order valence-electron chi connectivity index (χ1n) is 8.15. The van der Waals surface area contributed by atoms with Crippen LogP contribution in [0.3, 0.4) is 0 Å². The van der Waals surface area contributed by atoms with Crippen LogP contribution in [0.5, 0.6) is 0 Å². The first kappa shape index (κ1) is 18.6. The monoisotopic (exact) mass is 387 g/mol. The van der Waals surface area contributed by atoms with Gasteiger partial charge in [-0.15, -0.1) is 10.2 Å². The number of para-hydroxylation sites is 2. The van der Waals surface area contributed by atoms with E-state index in [9.17, 15) is 14.9 Å². The minimum absolute atomic E-state index is 0.0501. The fourth-order valence-corrected chi connectivity index (χ4v) is 3.35. The number of hydrogen-bond acceptors (Lipinski definition) is 7. The van der Waals surface area contributed by atoms with Gasteiger partial charge in [0.15, 0.2) is 11.0 Å². The molecule has 1 aromatic carbocycles. The molecule has 0 saturated heterocycles. The molecule has 27 heavy (non-hydrogen) atoms. The Kier molecular flexibility index (Phi) is 5.55. The van der Waals surface area contributed by atoms with Gasteiger partial charge in [-0.3, -0.25) is 14.9 Å². The van der Waals surface area contributed by atoms with Crippen LogP contribution in [0, 0.1) is 17.0 Å². The number of furan rings is 1. The number of nitrogens with one attached hydrogen (secondary N) is 1. The molecule has 3 rings (SSSR count). The number of anilines is 1. The molecule has 0 aliphatic heterocycles. The number of aromatic nitrogens is 3.